The minimum Gasteiger partial charge on any atom is -0.493 e. The molecule has 0 saturated heterocycles. The van der Waals surface area contributed by atoms with Crippen molar-refractivity contribution in [1.29, 1.82) is 0 Å². The van der Waals surface area contributed by atoms with Crippen molar-refractivity contribution in [2.75, 3.05) is 13.2 Å². The van der Waals surface area contributed by atoms with Gasteiger partial charge in [-0.1, -0.05) is 29.8 Å². The first-order valence-corrected chi connectivity index (χ1v) is 7.07. The van der Waals surface area contributed by atoms with E-state index in [1.165, 1.54) is 12.1 Å². The van der Waals surface area contributed by atoms with E-state index >= 15 is 0 Å². The second kappa shape index (κ2) is 7.86. The molecule has 0 aliphatic heterocycles. The Balaban J connectivity index is 1.73. The third-order valence-corrected chi connectivity index (χ3v) is 3.19. The normalized spacial score (nSPS) is 10.4. The molecule has 0 bridgehead atoms. The molecule has 0 radical (unpaired) electrons. The molecule has 2 aromatic carbocycles. The molecule has 0 atom stereocenters. The fourth-order valence-corrected chi connectivity index (χ4v) is 1.98. The zero-order valence-electron chi connectivity index (χ0n) is 11.5. The summed E-state index contributed by atoms with van der Waals surface area (Å²) in [6.45, 7) is 1.43. The Morgan fingerprint density at radius 2 is 1.81 bits per heavy atom. The van der Waals surface area contributed by atoms with E-state index in [-0.39, 0.29) is 5.02 Å². The largest absolute Gasteiger partial charge is 0.493 e. The summed E-state index contributed by atoms with van der Waals surface area (Å²) < 4.78 is 24.1. The van der Waals surface area contributed by atoms with Gasteiger partial charge in [-0.15, -0.1) is 0 Å². The lowest BCUT2D eigenvalue weighted by molar-refractivity contribution is 0.246. The first-order chi connectivity index (χ1) is 10.2. The third-order valence-electron chi connectivity index (χ3n) is 2.90. The van der Waals surface area contributed by atoms with E-state index in [1.807, 2.05) is 24.3 Å². The number of hydrogen-bond acceptors (Lipinski definition) is 3. The Kier molecular flexibility index (Phi) is 5.84. The Labute approximate surface area is 128 Å². The van der Waals surface area contributed by atoms with Gasteiger partial charge in [0.25, 0.3) is 0 Å². The molecule has 0 aromatic heterocycles. The van der Waals surface area contributed by atoms with Gasteiger partial charge in [-0.2, -0.15) is 0 Å². The van der Waals surface area contributed by atoms with Crippen LogP contribution in [0.5, 0.6) is 11.5 Å². The third kappa shape index (κ3) is 4.62. The van der Waals surface area contributed by atoms with E-state index in [4.69, 9.17) is 26.8 Å². The quantitative estimate of drug-likeness (QED) is 0.792. The SMILES string of the molecule is NCc1ccccc1OCCCOc1ccc(F)c(Cl)c1. The molecule has 112 valence electrons. The van der Waals surface area contributed by atoms with Gasteiger partial charge in [0.2, 0.25) is 0 Å². The van der Waals surface area contributed by atoms with Crippen LogP contribution in [0, 0.1) is 5.82 Å². The van der Waals surface area contributed by atoms with Gasteiger partial charge < -0.3 is 15.2 Å². The maximum absolute atomic E-state index is 13.0. The Morgan fingerprint density at radius 3 is 2.57 bits per heavy atom. The second-order valence-corrected chi connectivity index (χ2v) is 4.85. The zero-order chi connectivity index (χ0) is 15.1. The highest BCUT2D eigenvalue weighted by Crippen LogP contribution is 2.21. The number of para-hydroxylation sites is 1. The van der Waals surface area contributed by atoms with Gasteiger partial charge in [0.1, 0.15) is 17.3 Å². The van der Waals surface area contributed by atoms with Crippen molar-refractivity contribution in [3.05, 3.63) is 58.9 Å². The number of rotatable bonds is 7. The molecule has 0 spiro atoms. The maximum atomic E-state index is 13.0. The highest BCUT2D eigenvalue weighted by molar-refractivity contribution is 6.30. The predicted molar refractivity (Wildman–Crippen MR) is 81.4 cm³/mol. The van der Waals surface area contributed by atoms with Gasteiger partial charge >= 0.3 is 0 Å². The fourth-order valence-electron chi connectivity index (χ4n) is 1.81. The van der Waals surface area contributed by atoms with Crippen molar-refractivity contribution >= 4 is 11.6 Å². The molecule has 5 heteroatoms. The maximum Gasteiger partial charge on any atom is 0.142 e. The van der Waals surface area contributed by atoms with Crippen molar-refractivity contribution < 1.29 is 13.9 Å². The van der Waals surface area contributed by atoms with Gasteiger partial charge in [0.05, 0.1) is 18.2 Å². The lowest BCUT2D eigenvalue weighted by Gasteiger charge is -2.11. The molecule has 0 unspecified atom stereocenters. The lowest BCUT2D eigenvalue weighted by Crippen LogP contribution is -2.07. The minimum atomic E-state index is -0.453. The van der Waals surface area contributed by atoms with E-state index in [0.717, 1.165) is 11.3 Å². The molecule has 0 saturated carbocycles. The van der Waals surface area contributed by atoms with Crippen molar-refractivity contribution in [1.82, 2.24) is 0 Å². The summed E-state index contributed by atoms with van der Waals surface area (Å²) in [5.74, 6) is 0.888. The van der Waals surface area contributed by atoms with Crippen LogP contribution in [0.2, 0.25) is 5.02 Å². The number of ether oxygens (including phenoxy) is 2. The Morgan fingerprint density at radius 1 is 1.05 bits per heavy atom. The van der Waals surface area contributed by atoms with Crippen molar-refractivity contribution in [3.63, 3.8) is 0 Å². The highest BCUT2D eigenvalue weighted by atomic mass is 35.5. The van der Waals surface area contributed by atoms with Crippen molar-refractivity contribution in [3.8, 4) is 11.5 Å². The molecular weight excluding hydrogens is 293 g/mol. The molecular formula is C16H17ClFNO2. The topological polar surface area (TPSA) is 44.5 Å². The lowest BCUT2D eigenvalue weighted by atomic mass is 10.2. The van der Waals surface area contributed by atoms with E-state index in [9.17, 15) is 4.39 Å². The van der Waals surface area contributed by atoms with Crippen LogP contribution in [-0.2, 0) is 6.54 Å². The van der Waals surface area contributed by atoms with Crippen LogP contribution in [0.15, 0.2) is 42.5 Å². The number of benzene rings is 2. The molecule has 21 heavy (non-hydrogen) atoms. The van der Waals surface area contributed by atoms with Crippen LogP contribution in [0.4, 0.5) is 4.39 Å². The molecule has 0 aliphatic carbocycles. The van der Waals surface area contributed by atoms with Gasteiger partial charge in [0.15, 0.2) is 0 Å². The molecule has 3 nitrogen and oxygen atoms in total. The number of hydrogen-bond donors (Lipinski definition) is 1. The van der Waals surface area contributed by atoms with Gasteiger partial charge in [-0.3, -0.25) is 0 Å². The molecule has 0 heterocycles. The van der Waals surface area contributed by atoms with E-state index in [0.29, 0.717) is 31.9 Å². The molecule has 0 amide bonds. The van der Waals surface area contributed by atoms with Crippen LogP contribution in [0.25, 0.3) is 0 Å². The van der Waals surface area contributed by atoms with E-state index in [2.05, 4.69) is 0 Å². The minimum absolute atomic E-state index is 0.0561. The first-order valence-electron chi connectivity index (χ1n) is 6.69. The summed E-state index contributed by atoms with van der Waals surface area (Å²) in [6.07, 6.45) is 0.702. The van der Waals surface area contributed by atoms with Crippen molar-refractivity contribution in [2.24, 2.45) is 5.73 Å². The van der Waals surface area contributed by atoms with Gasteiger partial charge in [-0.05, 0) is 18.2 Å². The summed E-state index contributed by atoms with van der Waals surface area (Å²) in [5, 5.41) is 0.0561. The van der Waals surface area contributed by atoms with Crippen LogP contribution in [0.3, 0.4) is 0 Å². The summed E-state index contributed by atoms with van der Waals surface area (Å²) in [4.78, 5) is 0. The van der Waals surface area contributed by atoms with Gasteiger partial charge in [0, 0.05) is 24.6 Å². The standard InChI is InChI=1S/C16H17ClFNO2/c17-14-10-13(6-7-15(14)18)20-8-3-9-21-16-5-2-1-4-12(16)11-19/h1-2,4-7,10H,3,8-9,11,19H2. The van der Waals surface area contributed by atoms with Gasteiger partial charge in [-0.25, -0.2) is 4.39 Å². The average Bonchev–Trinajstić information content (AvgIpc) is 2.51. The van der Waals surface area contributed by atoms with Crippen LogP contribution in [-0.4, -0.2) is 13.2 Å². The molecule has 2 rings (SSSR count). The Hall–Kier alpha value is -1.78. The smallest absolute Gasteiger partial charge is 0.142 e. The van der Waals surface area contributed by atoms with Crippen molar-refractivity contribution in [2.45, 2.75) is 13.0 Å². The predicted octanol–water partition coefficient (Wildman–Crippen LogP) is 3.79. The Bertz CT molecular complexity index is 592. The van der Waals surface area contributed by atoms with E-state index < -0.39 is 5.82 Å². The number of nitrogens with two attached hydrogens (primary N) is 1. The molecule has 0 fully saturated rings. The summed E-state index contributed by atoms with van der Waals surface area (Å²) >= 11 is 5.68. The average molecular weight is 310 g/mol. The zero-order valence-corrected chi connectivity index (χ0v) is 12.3. The highest BCUT2D eigenvalue weighted by Gasteiger charge is 2.03. The van der Waals surface area contributed by atoms with Crippen LogP contribution >= 0.6 is 11.6 Å². The van der Waals surface area contributed by atoms with Crippen LogP contribution < -0.4 is 15.2 Å². The van der Waals surface area contributed by atoms with Crippen LogP contribution in [0.1, 0.15) is 12.0 Å². The summed E-state index contributed by atoms with van der Waals surface area (Å²) in [7, 11) is 0. The summed E-state index contributed by atoms with van der Waals surface area (Å²) in [5.41, 5.74) is 6.61. The van der Waals surface area contributed by atoms with E-state index in [1.54, 1.807) is 6.07 Å². The summed E-state index contributed by atoms with van der Waals surface area (Å²) in [6, 6.07) is 12.0. The monoisotopic (exact) mass is 309 g/mol. The number of halogens is 2. The molecule has 0 aliphatic rings. The fraction of sp³-hybridized carbons (Fsp3) is 0.250. The molecule has 2 N–H and O–H groups in total. The molecule has 2 aromatic rings. The second-order valence-electron chi connectivity index (χ2n) is 4.44. The first kappa shape index (κ1) is 15.6.